The standard InChI is InChI=1S/C24H25ClN4O2/c1-16-8-9-20(13-17(16)2)26-24(31)18-5-4-12-28(15-18)22-10-11-23(30)29(27-22)21-7-3-6-19(25)14-21/h3,6-11,13-14,18H,4-5,12,15H2,1-2H3,(H,26,31). The molecule has 7 heteroatoms. The summed E-state index contributed by atoms with van der Waals surface area (Å²) in [7, 11) is 0. The Morgan fingerprint density at radius 3 is 2.71 bits per heavy atom. The van der Waals surface area contributed by atoms with Crippen LogP contribution in [0.15, 0.2) is 59.4 Å². The number of aryl methyl sites for hydroxylation is 2. The van der Waals surface area contributed by atoms with Crippen molar-refractivity contribution in [3.63, 3.8) is 0 Å². The lowest BCUT2D eigenvalue weighted by Crippen LogP contribution is -2.41. The van der Waals surface area contributed by atoms with Gasteiger partial charge in [-0.15, -0.1) is 5.10 Å². The summed E-state index contributed by atoms with van der Waals surface area (Å²) < 4.78 is 1.35. The van der Waals surface area contributed by atoms with Crippen LogP contribution in [0, 0.1) is 19.8 Å². The molecule has 160 valence electrons. The van der Waals surface area contributed by atoms with Gasteiger partial charge in [-0.3, -0.25) is 9.59 Å². The SMILES string of the molecule is Cc1ccc(NC(=O)C2CCCN(c3ccc(=O)n(-c4cccc(Cl)c4)n3)C2)cc1C. The molecular formula is C24H25ClN4O2. The highest BCUT2D eigenvalue weighted by Crippen LogP contribution is 2.23. The van der Waals surface area contributed by atoms with Crippen molar-refractivity contribution in [3.05, 3.63) is 81.1 Å². The highest BCUT2D eigenvalue weighted by molar-refractivity contribution is 6.30. The zero-order valence-electron chi connectivity index (χ0n) is 17.6. The second-order valence-electron chi connectivity index (χ2n) is 7.99. The summed E-state index contributed by atoms with van der Waals surface area (Å²) in [6, 6.07) is 16.2. The Balaban J connectivity index is 1.52. The van der Waals surface area contributed by atoms with Gasteiger partial charge in [0.05, 0.1) is 11.6 Å². The van der Waals surface area contributed by atoms with Crippen LogP contribution < -0.4 is 15.8 Å². The summed E-state index contributed by atoms with van der Waals surface area (Å²) in [6.45, 7) is 5.43. The molecule has 1 N–H and O–H groups in total. The lowest BCUT2D eigenvalue weighted by atomic mass is 9.97. The third-order valence-corrected chi connectivity index (χ3v) is 5.96. The van der Waals surface area contributed by atoms with Gasteiger partial charge in [-0.05, 0) is 74.2 Å². The van der Waals surface area contributed by atoms with E-state index in [1.165, 1.54) is 16.3 Å². The van der Waals surface area contributed by atoms with E-state index in [-0.39, 0.29) is 17.4 Å². The topological polar surface area (TPSA) is 67.2 Å². The number of anilines is 2. The molecule has 2 aromatic carbocycles. The van der Waals surface area contributed by atoms with Crippen LogP contribution in [0.5, 0.6) is 0 Å². The third-order valence-electron chi connectivity index (χ3n) is 5.73. The molecule has 1 aliphatic heterocycles. The van der Waals surface area contributed by atoms with Crippen LogP contribution >= 0.6 is 11.6 Å². The van der Waals surface area contributed by atoms with Crippen LogP contribution in [0.4, 0.5) is 11.5 Å². The number of aromatic nitrogens is 2. The third kappa shape index (κ3) is 4.80. The average Bonchev–Trinajstić information content (AvgIpc) is 2.77. The van der Waals surface area contributed by atoms with Gasteiger partial charge in [0.1, 0.15) is 5.82 Å². The van der Waals surface area contributed by atoms with Crippen LogP contribution in [0.1, 0.15) is 24.0 Å². The van der Waals surface area contributed by atoms with Gasteiger partial charge in [-0.1, -0.05) is 23.7 Å². The predicted octanol–water partition coefficient (Wildman–Crippen LogP) is 4.36. The molecule has 4 rings (SSSR count). The lowest BCUT2D eigenvalue weighted by molar-refractivity contribution is -0.120. The summed E-state index contributed by atoms with van der Waals surface area (Å²) in [5.41, 5.74) is 3.54. The number of benzene rings is 2. The largest absolute Gasteiger partial charge is 0.354 e. The van der Waals surface area contributed by atoms with E-state index in [0.717, 1.165) is 30.6 Å². The normalized spacial score (nSPS) is 16.2. The first-order chi connectivity index (χ1) is 14.9. The van der Waals surface area contributed by atoms with Crippen molar-refractivity contribution in [2.24, 2.45) is 5.92 Å². The molecule has 1 amide bonds. The highest BCUT2D eigenvalue weighted by Gasteiger charge is 2.27. The minimum atomic E-state index is -0.230. The number of nitrogens with zero attached hydrogens (tertiary/aromatic N) is 3. The van der Waals surface area contributed by atoms with E-state index >= 15 is 0 Å². The number of nitrogens with one attached hydrogen (secondary N) is 1. The van der Waals surface area contributed by atoms with Gasteiger partial charge in [0.15, 0.2) is 0 Å². The molecule has 0 spiro atoms. The second-order valence-corrected chi connectivity index (χ2v) is 8.43. The summed E-state index contributed by atoms with van der Waals surface area (Å²) in [5, 5.41) is 8.13. The number of carbonyl (C=O) groups is 1. The number of carbonyl (C=O) groups excluding carboxylic acids is 1. The average molecular weight is 437 g/mol. The van der Waals surface area contributed by atoms with Crippen molar-refractivity contribution in [2.45, 2.75) is 26.7 Å². The van der Waals surface area contributed by atoms with E-state index < -0.39 is 0 Å². The molecule has 31 heavy (non-hydrogen) atoms. The molecule has 0 saturated carbocycles. The second kappa shape index (κ2) is 8.94. The van der Waals surface area contributed by atoms with E-state index in [0.29, 0.717) is 23.1 Å². The Hall–Kier alpha value is -3.12. The Labute approximate surface area is 186 Å². The van der Waals surface area contributed by atoms with Crippen LogP contribution in [0.25, 0.3) is 5.69 Å². The predicted molar refractivity (Wildman–Crippen MR) is 124 cm³/mol. The van der Waals surface area contributed by atoms with Crippen molar-refractivity contribution < 1.29 is 4.79 Å². The maximum Gasteiger partial charge on any atom is 0.271 e. The van der Waals surface area contributed by atoms with Crippen LogP contribution in [0.2, 0.25) is 5.02 Å². The molecule has 1 atom stereocenters. The first-order valence-electron chi connectivity index (χ1n) is 10.4. The zero-order chi connectivity index (χ0) is 22.0. The Morgan fingerprint density at radius 2 is 1.94 bits per heavy atom. The van der Waals surface area contributed by atoms with Crippen molar-refractivity contribution in [2.75, 3.05) is 23.3 Å². The lowest BCUT2D eigenvalue weighted by Gasteiger charge is -2.33. The summed E-state index contributed by atoms with van der Waals surface area (Å²) in [6.07, 6.45) is 1.70. The van der Waals surface area contributed by atoms with Crippen LogP contribution in [-0.4, -0.2) is 28.8 Å². The quantitative estimate of drug-likeness (QED) is 0.660. The number of piperidine rings is 1. The molecule has 1 fully saturated rings. The van der Waals surface area contributed by atoms with E-state index in [4.69, 9.17) is 11.6 Å². The number of rotatable bonds is 4. The van der Waals surface area contributed by atoms with Gasteiger partial charge in [0.25, 0.3) is 5.56 Å². The van der Waals surface area contributed by atoms with Gasteiger partial charge >= 0.3 is 0 Å². The minimum Gasteiger partial charge on any atom is -0.354 e. The molecule has 6 nitrogen and oxygen atoms in total. The van der Waals surface area contributed by atoms with Crippen molar-refractivity contribution in [1.82, 2.24) is 9.78 Å². The molecular weight excluding hydrogens is 412 g/mol. The molecule has 2 heterocycles. The van der Waals surface area contributed by atoms with Gasteiger partial charge in [0.2, 0.25) is 5.91 Å². The molecule has 1 unspecified atom stereocenters. The summed E-state index contributed by atoms with van der Waals surface area (Å²) >= 11 is 6.08. The molecule has 0 radical (unpaired) electrons. The maximum atomic E-state index is 12.9. The molecule has 0 aliphatic carbocycles. The Morgan fingerprint density at radius 1 is 1.10 bits per heavy atom. The minimum absolute atomic E-state index is 0.0103. The number of hydrogen-bond donors (Lipinski definition) is 1. The van der Waals surface area contributed by atoms with E-state index in [9.17, 15) is 9.59 Å². The summed E-state index contributed by atoms with van der Waals surface area (Å²) in [5.74, 6) is 0.531. The highest BCUT2D eigenvalue weighted by atomic mass is 35.5. The van der Waals surface area contributed by atoms with E-state index in [1.54, 1.807) is 30.3 Å². The first kappa shape index (κ1) is 21.1. The molecule has 0 bridgehead atoms. The fourth-order valence-corrected chi connectivity index (χ4v) is 4.01. The number of halogens is 1. The fourth-order valence-electron chi connectivity index (χ4n) is 3.83. The fraction of sp³-hybridized carbons (Fsp3) is 0.292. The van der Waals surface area contributed by atoms with Crippen LogP contribution in [-0.2, 0) is 4.79 Å². The van der Waals surface area contributed by atoms with Gasteiger partial charge < -0.3 is 10.2 Å². The monoisotopic (exact) mass is 436 g/mol. The summed E-state index contributed by atoms with van der Waals surface area (Å²) in [4.78, 5) is 27.3. The van der Waals surface area contributed by atoms with E-state index in [2.05, 4.69) is 22.2 Å². The van der Waals surface area contributed by atoms with Crippen molar-refractivity contribution in [1.29, 1.82) is 0 Å². The van der Waals surface area contributed by atoms with Gasteiger partial charge in [-0.25, -0.2) is 0 Å². The smallest absolute Gasteiger partial charge is 0.271 e. The molecule has 1 aromatic heterocycles. The Bertz CT molecular complexity index is 1170. The van der Waals surface area contributed by atoms with Gasteiger partial charge in [0, 0.05) is 29.9 Å². The first-order valence-corrected chi connectivity index (χ1v) is 10.8. The molecule has 3 aromatic rings. The molecule has 1 aliphatic rings. The van der Waals surface area contributed by atoms with Crippen molar-refractivity contribution >= 4 is 29.0 Å². The van der Waals surface area contributed by atoms with E-state index in [1.807, 2.05) is 25.1 Å². The Kier molecular flexibility index (Phi) is 6.09. The maximum absolute atomic E-state index is 12.9. The van der Waals surface area contributed by atoms with Gasteiger partial charge in [-0.2, -0.15) is 4.68 Å². The van der Waals surface area contributed by atoms with Crippen LogP contribution in [0.3, 0.4) is 0 Å². The number of hydrogen-bond acceptors (Lipinski definition) is 4. The van der Waals surface area contributed by atoms with Crippen molar-refractivity contribution in [3.8, 4) is 5.69 Å². The molecule has 1 saturated heterocycles. The number of amides is 1. The zero-order valence-corrected chi connectivity index (χ0v) is 18.4.